The van der Waals surface area contributed by atoms with E-state index in [1.165, 1.54) is 21.3 Å². The minimum atomic E-state index is -0.945. The Balaban J connectivity index is 0.000000424. The number of aliphatic carboxylic acids is 1. The number of carbonyl (C=O) groups is 5. The number of amides is 2. The number of piperazine rings is 1. The Kier molecular flexibility index (Phi) is 33.6. The number of aromatic nitrogens is 3. The molecule has 85 heavy (non-hydrogen) atoms. The third kappa shape index (κ3) is 25.3. The molecule has 0 bridgehead atoms. The van der Waals surface area contributed by atoms with Crippen LogP contribution >= 0.6 is 0 Å². The van der Waals surface area contributed by atoms with Crippen molar-refractivity contribution < 1.29 is 101 Å². The van der Waals surface area contributed by atoms with Gasteiger partial charge in [0.1, 0.15) is 24.5 Å². The second-order valence-corrected chi connectivity index (χ2v) is 19.4. The maximum atomic E-state index is 13.2. The van der Waals surface area contributed by atoms with Gasteiger partial charge in [0, 0.05) is 111 Å². The summed E-state index contributed by atoms with van der Waals surface area (Å²) in [6, 6.07) is 11.0. The Morgan fingerprint density at radius 2 is 1.26 bits per heavy atom. The predicted octanol–water partition coefficient (Wildman–Crippen LogP) is 3.26. The lowest BCUT2D eigenvalue weighted by atomic mass is 10.2. The summed E-state index contributed by atoms with van der Waals surface area (Å²) < 4.78 is 58.5. The second kappa shape index (κ2) is 40.2. The van der Waals surface area contributed by atoms with Crippen LogP contribution < -0.4 is 15.0 Å². The van der Waals surface area contributed by atoms with Gasteiger partial charge >= 0.3 is 24.0 Å². The van der Waals surface area contributed by atoms with Crippen LogP contribution in [0.2, 0.25) is 0 Å². The van der Waals surface area contributed by atoms with E-state index in [4.69, 9.17) is 82.2 Å². The molecule has 28 heteroatoms. The molecule has 6 rings (SSSR count). The first-order valence-electron chi connectivity index (χ1n) is 28.6. The van der Waals surface area contributed by atoms with Crippen LogP contribution in [0.4, 0.5) is 10.6 Å². The van der Waals surface area contributed by atoms with E-state index in [1.54, 1.807) is 23.2 Å². The number of ether oxygens (including phenoxy) is 10. The number of nitrogens with zero attached hydrogens (tertiary/aromatic N) is 6. The Labute approximate surface area is 494 Å². The van der Waals surface area contributed by atoms with E-state index < -0.39 is 49.0 Å². The smallest absolute Gasteiger partial charge is 0.415 e. The molecule has 6 N–H and O–H groups in total. The van der Waals surface area contributed by atoms with Gasteiger partial charge in [0.15, 0.2) is 36.1 Å². The summed E-state index contributed by atoms with van der Waals surface area (Å²) >= 11 is 0. The average molecular weight is 1210 g/mol. The van der Waals surface area contributed by atoms with Gasteiger partial charge in [-0.1, -0.05) is 32.9 Å². The van der Waals surface area contributed by atoms with Crippen molar-refractivity contribution >= 4 is 57.9 Å². The van der Waals surface area contributed by atoms with E-state index in [-0.39, 0.29) is 89.9 Å². The Bertz CT molecular complexity index is 2560. The van der Waals surface area contributed by atoms with Gasteiger partial charge in [-0.2, -0.15) is 0 Å². The van der Waals surface area contributed by atoms with E-state index >= 15 is 0 Å². The second-order valence-electron chi connectivity index (χ2n) is 19.4. The van der Waals surface area contributed by atoms with E-state index in [0.29, 0.717) is 131 Å². The number of carbonyl (C=O) groups excluding carboxylic acids is 4. The molecule has 6 unspecified atom stereocenters. The summed E-state index contributed by atoms with van der Waals surface area (Å²) in [5.41, 5.74) is 2.42. The van der Waals surface area contributed by atoms with Crippen LogP contribution in [0.15, 0.2) is 47.0 Å². The molecule has 0 saturated carbocycles. The topological polar surface area (TPSA) is 352 Å². The van der Waals surface area contributed by atoms with Crippen molar-refractivity contribution in [1.82, 2.24) is 30.1 Å². The molecule has 476 valence electrons. The molecule has 1 aromatic carbocycles. The van der Waals surface area contributed by atoms with Gasteiger partial charge in [-0.3, -0.25) is 24.1 Å². The summed E-state index contributed by atoms with van der Waals surface area (Å²) in [6.07, 6.45) is 0.856. The van der Waals surface area contributed by atoms with Crippen LogP contribution in [-0.2, 0) is 61.8 Å². The number of pyridine rings is 1. The predicted molar refractivity (Wildman–Crippen MR) is 306 cm³/mol. The van der Waals surface area contributed by atoms with Crippen LogP contribution in [0.25, 0.3) is 33.6 Å². The number of hydrogen-bond donors (Lipinski definition) is 6. The van der Waals surface area contributed by atoms with Crippen molar-refractivity contribution in [2.24, 2.45) is 0 Å². The van der Waals surface area contributed by atoms with Crippen LogP contribution in [0.1, 0.15) is 78.6 Å². The standard InChI is InChI=1S/C38H49N7O10.C12H22O7.C7H16O4/c1-3-27(24-46)53-32(50-2)25-52-31(48)11-5-10-30(47)39-13-14-43-15-17-45(18-16-43)38(49)54-28-8-4-7-26(23-28)35-41-33-29-9-6-12-40-37(29)55-34(33)36(42-35)44-19-21-51-22-20-44;1-3-9(7-13)19-12(17-2)8-18-11(16)6-4-5-10(14)15;1-3-6(4-8)11-7(5-9)10-2/h4,6-9,12,23,27,32,46H,3,5,10-11,13-22,24-25H2,1-2H3,(H,39,47);9,12-13H,3-8H2,1-2H3,(H,14,15);6-9H,3-5H2,1-2H3. The fraction of sp³-hybridized carbons (Fsp3) is 0.649. The monoisotopic (exact) mass is 1210 g/mol. The molecular formula is C57H87N7O21. The number of methoxy groups -OCH3 is 3. The SMILES string of the molecule is CCC(CO)OC(CO)OC.CCC(CO)OC(COC(=O)CCCC(=O)NCCN1CCN(C(=O)Oc2cccc(-c3nc(N4CCOCC4)c4oc5ncccc5c4n3)c2)CC1)OC.CCC(CO)OC(COC(=O)CCCC(=O)O)OC. The lowest BCUT2D eigenvalue weighted by molar-refractivity contribution is -0.194. The van der Waals surface area contributed by atoms with E-state index in [2.05, 4.69) is 20.1 Å². The third-order valence-corrected chi connectivity index (χ3v) is 13.3. The van der Waals surface area contributed by atoms with Gasteiger partial charge in [0.25, 0.3) is 0 Å². The van der Waals surface area contributed by atoms with Crippen LogP contribution in [-0.4, -0.2) is 244 Å². The minimum absolute atomic E-state index is 0.0416. The molecule has 2 amide bonds. The van der Waals surface area contributed by atoms with Crippen molar-refractivity contribution in [1.29, 1.82) is 0 Å². The normalized spacial score (nSPS) is 15.7. The maximum Gasteiger partial charge on any atom is 0.415 e. The molecule has 2 aliphatic rings. The first-order chi connectivity index (χ1) is 41.1. The molecule has 5 heterocycles. The lowest BCUT2D eigenvalue weighted by Gasteiger charge is -2.34. The number of hydrogen-bond acceptors (Lipinski definition) is 25. The summed E-state index contributed by atoms with van der Waals surface area (Å²) in [5, 5.41) is 47.7. The highest BCUT2D eigenvalue weighted by Crippen LogP contribution is 2.35. The van der Waals surface area contributed by atoms with Gasteiger partial charge in [0.2, 0.25) is 11.6 Å². The number of morpholine rings is 1. The highest BCUT2D eigenvalue weighted by molar-refractivity contribution is 6.05. The molecule has 0 aliphatic carbocycles. The van der Waals surface area contributed by atoms with Gasteiger partial charge in [0.05, 0.1) is 63.3 Å². The van der Waals surface area contributed by atoms with Crippen molar-refractivity contribution in [2.75, 3.05) is 131 Å². The number of benzene rings is 1. The molecule has 0 radical (unpaired) electrons. The first kappa shape index (κ1) is 71.2. The van der Waals surface area contributed by atoms with Crippen LogP contribution in [0.3, 0.4) is 0 Å². The van der Waals surface area contributed by atoms with E-state index in [0.717, 1.165) is 5.39 Å². The van der Waals surface area contributed by atoms with Gasteiger partial charge in [-0.25, -0.2) is 19.7 Å². The number of carboxylic acids is 1. The fourth-order valence-corrected chi connectivity index (χ4v) is 8.23. The molecule has 0 spiro atoms. The molecule has 4 aromatic rings. The Morgan fingerprint density at radius 1 is 0.682 bits per heavy atom. The molecule has 28 nitrogen and oxygen atoms in total. The van der Waals surface area contributed by atoms with Crippen molar-refractivity contribution in [3.63, 3.8) is 0 Å². The third-order valence-electron chi connectivity index (χ3n) is 13.3. The van der Waals surface area contributed by atoms with Crippen molar-refractivity contribution in [3.05, 3.63) is 42.6 Å². The number of furan rings is 1. The fourth-order valence-electron chi connectivity index (χ4n) is 8.23. The molecule has 3 aromatic heterocycles. The molecule has 6 atom stereocenters. The first-order valence-corrected chi connectivity index (χ1v) is 28.6. The van der Waals surface area contributed by atoms with Gasteiger partial charge in [-0.15, -0.1) is 0 Å². The van der Waals surface area contributed by atoms with Crippen LogP contribution in [0.5, 0.6) is 5.75 Å². The highest BCUT2D eigenvalue weighted by atomic mass is 16.7. The summed E-state index contributed by atoms with van der Waals surface area (Å²) in [7, 11) is 4.29. The zero-order valence-corrected chi connectivity index (χ0v) is 49.6. The number of fused-ring (bicyclic) bond motifs is 3. The van der Waals surface area contributed by atoms with Gasteiger partial charge < -0.3 is 92.4 Å². The van der Waals surface area contributed by atoms with E-state index in [9.17, 15) is 29.1 Å². The summed E-state index contributed by atoms with van der Waals surface area (Å²) in [4.78, 5) is 79.3. The van der Waals surface area contributed by atoms with Crippen LogP contribution in [0, 0.1) is 0 Å². The van der Waals surface area contributed by atoms with E-state index in [1.807, 2.05) is 45.0 Å². The number of aliphatic hydroxyl groups excluding tert-OH is 4. The zero-order valence-electron chi connectivity index (χ0n) is 49.6. The molecular weight excluding hydrogens is 1120 g/mol. The highest BCUT2D eigenvalue weighted by Gasteiger charge is 2.26. The number of nitrogens with one attached hydrogen (secondary N) is 1. The minimum Gasteiger partial charge on any atom is -0.481 e. The summed E-state index contributed by atoms with van der Waals surface area (Å²) in [5.74, 6) is -0.517. The lowest BCUT2D eigenvalue weighted by Crippen LogP contribution is -2.51. The summed E-state index contributed by atoms with van der Waals surface area (Å²) in [6.45, 7) is 10.7. The van der Waals surface area contributed by atoms with Gasteiger partial charge in [-0.05, 0) is 56.4 Å². The largest absolute Gasteiger partial charge is 0.481 e. The van der Waals surface area contributed by atoms with Crippen molar-refractivity contribution in [2.45, 2.75) is 116 Å². The Morgan fingerprint density at radius 3 is 1.80 bits per heavy atom. The maximum absolute atomic E-state index is 13.2. The molecule has 2 saturated heterocycles. The zero-order chi connectivity index (χ0) is 61.9. The molecule has 2 aliphatic heterocycles. The number of carboxylic acid groups (broad SMARTS) is 1. The number of anilines is 1. The quantitative estimate of drug-likeness (QED) is 0.0289. The number of esters is 2. The number of aliphatic hydroxyl groups is 4. The molecule has 2 fully saturated rings. The average Bonchev–Trinajstić information content (AvgIpc) is 2.06. The Hall–Kier alpha value is -6.28. The number of rotatable bonds is 34. The van der Waals surface area contributed by atoms with Crippen molar-refractivity contribution in [3.8, 4) is 17.1 Å².